The van der Waals surface area contributed by atoms with E-state index in [-0.39, 0.29) is 5.91 Å². The van der Waals surface area contributed by atoms with Gasteiger partial charge in [0.15, 0.2) is 5.13 Å². The van der Waals surface area contributed by atoms with Crippen LogP contribution in [-0.2, 0) is 6.42 Å². The molecule has 1 aromatic carbocycles. The number of H-pyrrole nitrogens is 1. The maximum absolute atomic E-state index is 12.4. The number of ether oxygens (including phenoxy) is 1. The van der Waals surface area contributed by atoms with Gasteiger partial charge in [0, 0.05) is 28.0 Å². The molecule has 0 aliphatic rings. The normalized spacial score (nSPS) is 11.0. The number of rotatable bonds is 5. The fraction of sp³-hybridized carbons (Fsp3) is 0.176. The van der Waals surface area contributed by atoms with Crippen LogP contribution in [0.2, 0.25) is 0 Å². The number of benzene rings is 1. The molecule has 132 valence electrons. The van der Waals surface area contributed by atoms with Crippen LogP contribution in [0.25, 0.3) is 22.2 Å². The Balaban J connectivity index is 1.61. The van der Waals surface area contributed by atoms with E-state index in [1.54, 1.807) is 7.11 Å². The number of hydrogen-bond donors (Lipinski definition) is 2. The number of carbonyl (C=O) groups excluding carboxylic acids is 1. The van der Waals surface area contributed by atoms with E-state index < -0.39 is 0 Å². The lowest BCUT2D eigenvalue weighted by Gasteiger charge is -2.01. The van der Waals surface area contributed by atoms with Crippen LogP contribution in [0.5, 0.6) is 5.75 Å². The lowest BCUT2D eigenvalue weighted by molar-refractivity contribution is 0.102. The van der Waals surface area contributed by atoms with Gasteiger partial charge in [-0.3, -0.25) is 10.1 Å². The molecule has 0 atom stereocenters. The first-order chi connectivity index (χ1) is 12.7. The summed E-state index contributed by atoms with van der Waals surface area (Å²) in [7, 11) is 1.64. The Bertz CT molecular complexity index is 1080. The molecule has 0 fully saturated rings. The highest BCUT2D eigenvalue weighted by Crippen LogP contribution is 2.33. The Labute approximate surface area is 157 Å². The number of aromatic nitrogens is 4. The van der Waals surface area contributed by atoms with Gasteiger partial charge in [-0.15, -0.1) is 16.4 Å². The van der Waals surface area contributed by atoms with E-state index in [0.29, 0.717) is 22.1 Å². The maximum Gasteiger partial charge on any atom is 0.271 e. The number of nitrogens with zero attached hydrogens (tertiary/aromatic N) is 3. The smallest absolute Gasteiger partial charge is 0.271 e. The van der Waals surface area contributed by atoms with E-state index in [0.717, 1.165) is 39.4 Å². The number of amides is 1. The standard InChI is InChI=1S/C17H15N5O2S2/c1-3-12-15(26-22-21-12)16(23)20-17-19-14(8-25-17)11-7-18-13-5-4-9(24-2)6-10(11)13/h4-8,18H,3H2,1-2H3,(H,19,20,23). The number of carbonyl (C=O) groups is 1. The van der Waals surface area contributed by atoms with Crippen molar-refractivity contribution < 1.29 is 9.53 Å². The molecular formula is C17H15N5O2S2. The first kappa shape index (κ1) is 16.7. The van der Waals surface area contributed by atoms with Crippen molar-refractivity contribution in [1.82, 2.24) is 19.6 Å². The second-order valence-corrected chi connectivity index (χ2v) is 7.12. The van der Waals surface area contributed by atoms with Crippen molar-refractivity contribution in [3.05, 3.63) is 40.3 Å². The minimum absolute atomic E-state index is 0.224. The molecule has 4 aromatic rings. The summed E-state index contributed by atoms with van der Waals surface area (Å²) in [5.41, 5.74) is 3.46. The predicted molar refractivity (Wildman–Crippen MR) is 103 cm³/mol. The maximum atomic E-state index is 12.4. The molecule has 2 N–H and O–H groups in total. The highest BCUT2D eigenvalue weighted by atomic mass is 32.1. The average Bonchev–Trinajstić information content (AvgIpc) is 3.39. The third-order valence-corrected chi connectivity index (χ3v) is 5.51. The minimum atomic E-state index is -0.224. The van der Waals surface area contributed by atoms with Gasteiger partial charge in [-0.2, -0.15) is 0 Å². The monoisotopic (exact) mass is 385 g/mol. The van der Waals surface area contributed by atoms with Crippen molar-refractivity contribution in [2.24, 2.45) is 0 Å². The number of thiazole rings is 1. The molecule has 0 spiro atoms. The zero-order valence-corrected chi connectivity index (χ0v) is 15.7. The summed E-state index contributed by atoms with van der Waals surface area (Å²) in [6.45, 7) is 1.94. The van der Waals surface area contributed by atoms with E-state index in [4.69, 9.17) is 4.74 Å². The molecule has 7 nitrogen and oxygen atoms in total. The lowest BCUT2D eigenvalue weighted by Crippen LogP contribution is -2.12. The molecule has 26 heavy (non-hydrogen) atoms. The predicted octanol–water partition coefficient (Wildman–Crippen LogP) is 3.97. The van der Waals surface area contributed by atoms with Crippen LogP contribution < -0.4 is 10.1 Å². The molecule has 0 bridgehead atoms. The second-order valence-electron chi connectivity index (χ2n) is 5.51. The summed E-state index contributed by atoms with van der Waals surface area (Å²) in [5, 5.41) is 10.3. The molecule has 4 rings (SSSR count). The van der Waals surface area contributed by atoms with Gasteiger partial charge in [0.1, 0.15) is 10.6 Å². The average molecular weight is 385 g/mol. The van der Waals surface area contributed by atoms with Crippen LogP contribution in [0, 0.1) is 0 Å². The van der Waals surface area contributed by atoms with E-state index in [1.807, 2.05) is 36.7 Å². The number of aryl methyl sites for hydroxylation is 1. The van der Waals surface area contributed by atoms with E-state index >= 15 is 0 Å². The highest BCUT2D eigenvalue weighted by Gasteiger charge is 2.17. The summed E-state index contributed by atoms with van der Waals surface area (Å²) in [6.07, 6.45) is 2.58. The summed E-state index contributed by atoms with van der Waals surface area (Å²) < 4.78 is 9.15. The number of nitrogens with one attached hydrogen (secondary N) is 2. The fourth-order valence-corrected chi connectivity index (χ4v) is 4.01. The van der Waals surface area contributed by atoms with Crippen LogP contribution in [0.3, 0.4) is 0 Å². The molecule has 0 saturated carbocycles. The second kappa shape index (κ2) is 6.85. The van der Waals surface area contributed by atoms with E-state index in [1.165, 1.54) is 11.3 Å². The molecule has 0 saturated heterocycles. The Hall–Kier alpha value is -2.78. The third kappa shape index (κ3) is 2.95. The largest absolute Gasteiger partial charge is 0.497 e. The first-order valence-corrected chi connectivity index (χ1v) is 9.58. The van der Waals surface area contributed by atoms with Crippen LogP contribution in [0.1, 0.15) is 22.3 Å². The van der Waals surface area contributed by atoms with Crippen molar-refractivity contribution in [3.63, 3.8) is 0 Å². The topological polar surface area (TPSA) is 92.8 Å². The van der Waals surface area contributed by atoms with Gasteiger partial charge in [-0.25, -0.2) is 4.98 Å². The Morgan fingerprint density at radius 3 is 3.08 bits per heavy atom. The van der Waals surface area contributed by atoms with Gasteiger partial charge in [-0.05, 0) is 36.2 Å². The summed E-state index contributed by atoms with van der Waals surface area (Å²) >= 11 is 2.48. The van der Waals surface area contributed by atoms with Gasteiger partial charge in [0.2, 0.25) is 0 Å². The third-order valence-electron chi connectivity index (χ3n) is 3.99. The van der Waals surface area contributed by atoms with Gasteiger partial charge in [-0.1, -0.05) is 11.4 Å². The quantitative estimate of drug-likeness (QED) is 0.542. The number of hydrogen-bond acceptors (Lipinski definition) is 7. The molecular weight excluding hydrogens is 370 g/mol. The molecule has 0 aliphatic carbocycles. The highest BCUT2D eigenvalue weighted by molar-refractivity contribution is 7.14. The number of aromatic amines is 1. The van der Waals surface area contributed by atoms with Crippen molar-refractivity contribution in [1.29, 1.82) is 0 Å². The Morgan fingerprint density at radius 1 is 1.38 bits per heavy atom. The molecule has 0 unspecified atom stereocenters. The van der Waals surface area contributed by atoms with Crippen molar-refractivity contribution >= 4 is 44.8 Å². The molecule has 1 amide bonds. The minimum Gasteiger partial charge on any atom is -0.497 e. The SMILES string of the molecule is CCc1nnsc1C(=O)Nc1nc(-c2c[nH]c3ccc(OC)cc23)cs1. The Morgan fingerprint density at radius 2 is 2.27 bits per heavy atom. The number of fused-ring (bicyclic) bond motifs is 1. The summed E-state index contributed by atoms with van der Waals surface area (Å²) in [6, 6.07) is 5.84. The molecule has 0 aliphatic heterocycles. The van der Waals surface area contributed by atoms with Gasteiger partial charge in [0.05, 0.1) is 18.5 Å². The fourth-order valence-electron chi connectivity index (χ4n) is 2.66. The zero-order valence-electron chi connectivity index (χ0n) is 14.1. The van der Waals surface area contributed by atoms with Gasteiger partial charge in [0.25, 0.3) is 5.91 Å². The van der Waals surface area contributed by atoms with Crippen molar-refractivity contribution in [2.45, 2.75) is 13.3 Å². The number of anilines is 1. The van der Waals surface area contributed by atoms with Crippen LogP contribution in [0.4, 0.5) is 5.13 Å². The molecule has 0 radical (unpaired) electrons. The first-order valence-electron chi connectivity index (χ1n) is 7.93. The zero-order chi connectivity index (χ0) is 18.1. The summed E-state index contributed by atoms with van der Waals surface area (Å²) in [4.78, 5) is 20.7. The van der Waals surface area contributed by atoms with Crippen molar-refractivity contribution in [2.75, 3.05) is 12.4 Å². The van der Waals surface area contributed by atoms with Crippen LogP contribution in [-0.4, -0.2) is 32.6 Å². The lowest BCUT2D eigenvalue weighted by atomic mass is 10.1. The van der Waals surface area contributed by atoms with Gasteiger partial charge >= 0.3 is 0 Å². The van der Waals surface area contributed by atoms with E-state index in [9.17, 15) is 4.79 Å². The molecule has 3 heterocycles. The summed E-state index contributed by atoms with van der Waals surface area (Å²) in [5.74, 6) is 0.560. The molecule has 9 heteroatoms. The van der Waals surface area contributed by atoms with Crippen LogP contribution >= 0.6 is 22.9 Å². The molecule has 3 aromatic heterocycles. The number of methoxy groups -OCH3 is 1. The van der Waals surface area contributed by atoms with Crippen molar-refractivity contribution in [3.8, 4) is 17.0 Å². The van der Waals surface area contributed by atoms with Crippen LogP contribution in [0.15, 0.2) is 29.8 Å². The Kier molecular flexibility index (Phi) is 4.39. The van der Waals surface area contributed by atoms with E-state index in [2.05, 4.69) is 24.9 Å². The van der Waals surface area contributed by atoms with Gasteiger partial charge < -0.3 is 9.72 Å².